The van der Waals surface area contributed by atoms with Crippen molar-refractivity contribution in [2.75, 3.05) is 20.2 Å². The second-order valence-corrected chi connectivity index (χ2v) is 5.66. The number of benzene rings is 2. The molecule has 0 aromatic heterocycles. The fourth-order valence-corrected chi connectivity index (χ4v) is 2.99. The van der Waals surface area contributed by atoms with E-state index in [9.17, 15) is 9.59 Å². The maximum absolute atomic E-state index is 12.3. The van der Waals surface area contributed by atoms with E-state index in [2.05, 4.69) is 10.6 Å². The third-order valence-electron chi connectivity index (χ3n) is 4.16. The van der Waals surface area contributed by atoms with Crippen molar-refractivity contribution in [2.24, 2.45) is 0 Å². The van der Waals surface area contributed by atoms with Gasteiger partial charge in [0.15, 0.2) is 0 Å². The zero-order valence-electron chi connectivity index (χ0n) is 13.8. The van der Waals surface area contributed by atoms with Gasteiger partial charge in [-0.3, -0.25) is 9.59 Å². The summed E-state index contributed by atoms with van der Waals surface area (Å²) in [4.78, 5) is 24.5. The Morgan fingerprint density at radius 1 is 1.17 bits per heavy atom. The molecule has 5 heteroatoms. The molecule has 5 nitrogen and oxygen atoms in total. The molecular weight excluding hydrogens is 304 g/mol. The normalized spacial score (nSPS) is 15.3. The van der Waals surface area contributed by atoms with Gasteiger partial charge in [0, 0.05) is 30.6 Å². The molecule has 0 saturated heterocycles. The van der Waals surface area contributed by atoms with Gasteiger partial charge >= 0.3 is 0 Å². The molecule has 2 amide bonds. The lowest BCUT2D eigenvalue weighted by atomic mass is 9.90. The molecule has 24 heavy (non-hydrogen) atoms. The topological polar surface area (TPSA) is 67.4 Å². The number of rotatable bonds is 4. The minimum Gasteiger partial charge on any atom is -0.491 e. The fourth-order valence-electron chi connectivity index (χ4n) is 2.99. The lowest BCUT2D eigenvalue weighted by Crippen LogP contribution is -2.24. The van der Waals surface area contributed by atoms with E-state index in [0.29, 0.717) is 30.0 Å². The third-order valence-corrected chi connectivity index (χ3v) is 4.16. The Bertz CT molecular complexity index is 772. The van der Waals surface area contributed by atoms with Crippen LogP contribution >= 0.6 is 0 Å². The molecule has 2 aromatic carbocycles. The summed E-state index contributed by atoms with van der Waals surface area (Å²) in [5, 5.41) is 5.39. The van der Waals surface area contributed by atoms with Gasteiger partial charge in [-0.15, -0.1) is 0 Å². The number of carbonyl (C=O) groups excluding carboxylic acids is 2. The van der Waals surface area contributed by atoms with Crippen molar-refractivity contribution in [3.05, 3.63) is 64.7 Å². The highest BCUT2D eigenvalue weighted by molar-refractivity contribution is 6.02. The van der Waals surface area contributed by atoms with Crippen LogP contribution in [0.5, 0.6) is 5.75 Å². The Morgan fingerprint density at radius 2 is 1.92 bits per heavy atom. The van der Waals surface area contributed by atoms with Gasteiger partial charge in [-0.2, -0.15) is 0 Å². The summed E-state index contributed by atoms with van der Waals surface area (Å²) in [6.07, 6.45) is 0. The molecule has 0 aliphatic carbocycles. The number of nitrogens with one attached hydrogen (secondary N) is 2. The minimum absolute atomic E-state index is 0.0129. The van der Waals surface area contributed by atoms with Crippen LogP contribution in [-0.4, -0.2) is 32.0 Å². The second-order valence-electron chi connectivity index (χ2n) is 5.66. The molecule has 0 fully saturated rings. The number of carbonyl (C=O) groups is 2. The van der Waals surface area contributed by atoms with Crippen molar-refractivity contribution in [2.45, 2.75) is 12.8 Å². The van der Waals surface area contributed by atoms with E-state index in [1.54, 1.807) is 13.1 Å². The van der Waals surface area contributed by atoms with Crippen LogP contribution in [0, 0.1) is 0 Å². The molecule has 0 bridgehead atoms. The Hall–Kier alpha value is -2.82. The van der Waals surface area contributed by atoms with Crippen LogP contribution in [0.4, 0.5) is 0 Å². The van der Waals surface area contributed by atoms with E-state index in [0.717, 1.165) is 11.1 Å². The minimum atomic E-state index is -0.258. The number of ether oxygens (including phenoxy) is 1. The number of hydrogen-bond acceptors (Lipinski definition) is 3. The fraction of sp³-hybridized carbons (Fsp3) is 0.263. The van der Waals surface area contributed by atoms with Crippen LogP contribution in [0.3, 0.4) is 0 Å². The number of fused-ring (bicyclic) bond motifs is 1. The van der Waals surface area contributed by atoms with Crippen molar-refractivity contribution in [1.29, 1.82) is 0 Å². The third kappa shape index (κ3) is 2.85. The largest absolute Gasteiger partial charge is 0.491 e. The Morgan fingerprint density at radius 3 is 2.58 bits per heavy atom. The summed E-state index contributed by atoms with van der Waals surface area (Å²) >= 11 is 0. The van der Waals surface area contributed by atoms with Gasteiger partial charge in [-0.1, -0.05) is 30.3 Å². The van der Waals surface area contributed by atoms with Crippen LogP contribution in [0.1, 0.15) is 44.7 Å². The molecule has 0 saturated carbocycles. The Balaban J connectivity index is 2.11. The van der Waals surface area contributed by atoms with Crippen LogP contribution in [0.15, 0.2) is 42.5 Å². The van der Waals surface area contributed by atoms with Crippen molar-refractivity contribution in [3.63, 3.8) is 0 Å². The van der Waals surface area contributed by atoms with E-state index in [4.69, 9.17) is 4.74 Å². The number of amides is 2. The van der Waals surface area contributed by atoms with Gasteiger partial charge in [0.2, 0.25) is 0 Å². The van der Waals surface area contributed by atoms with Gasteiger partial charge in [0.05, 0.1) is 12.2 Å². The van der Waals surface area contributed by atoms with Gasteiger partial charge < -0.3 is 15.4 Å². The molecule has 0 spiro atoms. The molecule has 1 heterocycles. The van der Waals surface area contributed by atoms with Crippen LogP contribution in [0.25, 0.3) is 0 Å². The maximum Gasteiger partial charge on any atom is 0.254 e. The zero-order valence-corrected chi connectivity index (χ0v) is 13.8. The lowest BCUT2D eigenvalue weighted by Gasteiger charge is -2.12. The average molecular weight is 324 g/mol. The van der Waals surface area contributed by atoms with Crippen molar-refractivity contribution in [3.8, 4) is 5.75 Å². The summed E-state index contributed by atoms with van der Waals surface area (Å²) in [6.45, 7) is 2.85. The summed E-state index contributed by atoms with van der Waals surface area (Å²) in [6, 6.07) is 13.4. The first-order valence-electron chi connectivity index (χ1n) is 8.01. The van der Waals surface area contributed by atoms with Gasteiger partial charge in [-0.25, -0.2) is 0 Å². The van der Waals surface area contributed by atoms with Gasteiger partial charge in [0.25, 0.3) is 11.8 Å². The number of hydrogen-bond donors (Lipinski definition) is 2. The van der Waals surface area contributed by atoms with Crippen LogP contribution in [-0.2, 0) is 0 Å². The Labute approximate surface area is 141 Å². The molecule has 1 unspecified atom stereocenters. The highest BCUT2D eigenvalue weighted by Gasteiger charge is 2.31. The molecule has 124 valence electrons. The molecule has 0 radical (unpaired) electrons. The van der Waals surface area contributed by atoms with Gasteiger partial charge in [0.1, 0.15) is 5.75 Å². The SMILES string of the molecule is CCNC(=O)c1cc(C(=O)NC)c2c(c1)C(c1ccccc1)CO2. The smallest absolute Gasteiger partial charge is 0.254 e. The van der Waals surface area contributed by atoms with E-state index in [1.165, 1.54) is 0 Å². The van der Waals surface area contributed by atoms with E-state index in [-0.39, 0.29) is 17.7 Å². The molecule has 2 N–H and O–H groups in total. The van der Waals surface area contributed by atoms with E-state index in [1.807, 2.05) is 43.3 Å². The summed E-state index contributed by atoms with van der Waals surface area (Å²) < 4.78 is 5.82. The molecule has 2 aromatic rings. The van der Waals surface area contributed by atoms with Crippen molar-refractivity contribution < 1.29 is 14.3 Å². The zero-order chi connectivity index (χ0) is 17.1. The van der Waals surface area contributed by atoms with Crippen LogP contribution in [0.2, 0.25) is 0 Å². The van der Waals surface area contributed by atoms with E-state index >= 15 is 0 Å². The van der Waals surface area contributed by atoms with Crippen molar-refractivity contribution in [1.82, 2.24) is 10.6 Å². The maximum atomic E-state index is 12.3. The lowest BCUT2D eigenvalue weighted by molar-refractivity contribution is 0.0955. The van der Waals surface area contributed by atoms with E-state index < -0.39 is 0 Å². The summed E-state index contributed by atoms with van der Waals surface area (Å²) in [7, 11) is 1.57. The van der Waals surface area contributed by atoms with Crippen molar-refractivity contribution >= 4 is 11.8 Å². The Kier molecular flexibility index (Phi) is 4.51. The predicted molar refractivity (Wildman–Crippen MR) is 91.6 cm³/mol. The quantitative estimate of drug-likeness (QED) is 0.907. The monoisotopic (exact) mass is 324 g/mol. The molecular formula is C19H20N2O3. The predicted octanol–water partition coefficient (Wildman–Crippen LogP) is 2.32. The standard InChI is InChI=1S/C19H20N2O3/c1-3-21-18(22)13-9-14-16(12-7-5-4-6-8-12)11-24-17(14)15(10-13)19(23)20-2/h4-10,16H,3,11H2,1-2H3,(H,20,23)(H,21,22). The molecule has 3 rings (SSSR count). The average Bonchev–Trinajstić information content (AvgIpc) is 3.05. The first-order valence-corrected chi connectivity index (χ1v) is 8.01. The van der Waals surface area contributed by atoms with Crippen LogP contribution < -0.4 is 15.4 Å². The molecule has 1 aliphatic heterocycles. The molecule has 1 aliphatic rings. The summed E-state index contributed by atoms with van der Waals surface area (Å²) in [5.41, 5.74) is 2.85. The molecule has 1 atom stereocenters. The second kappa shape index (κ2) is 6.74. The summed E-state index contributed by atoms with van der Waals surface area (Å²) in [5.74, 6) is 0.130. The highest BCUT2D eigenvalue weighted by Crippen LogP contribution is 2.41. The highest BCUT2D eigenvalue weighted by atomic mass is 16.5. The first-order chi connectivity index (χ1) is 11.7. The van der Waals surface area contributed by atoms with Gasteiger partial charge in [-0.05, 0) is 24.6 Å². The first kappa shape index (κ1) is 16.1.